The molecule has 0 atom stereocenters. The summed E-state index contributed by atoms with van der Waals surface area (Å²) in [5, 5.41) is 14.4. The van der Waals surface area contributed by atoms with Crippen LogP contribution >= 0.6 is 0 Å². The molecule has 3 N–H and O–H groups in total. The molecule has 4 heteroatoms. The van der Waals surface area contributed by atoms with Crippen molar-refractivity contribution in [3.8, 4) is 0 Å². The average molecular weight is 202 g/mol. The Balaban J connectivity index is 3.07. The number of rotatable bonds is 9. The molecule has 4 nitrogen and oxygen atoms in total. The molecule has 0 aliphatic rings. The Kier molecular flexibility index (Phi) is 10.0. The largest absolute Gasteiger partial charge is 0.396 e. The number of hydrogen-bond donors (Lipinski definition) is 3. The van der Waals surface area contributed by atoms with Gasteiger partial charge >= 0.3 is 0 Å². The van der Waals surface area contributed by atoms with Crippen molar-refractivity contribution >= 4 is 5.91 Å². The van der Waals surface area contributed by atoms with E-state index in [1.165, 1.54) is 0 Å². The van der Waals surface area contributed by atoms with Gasteiger partial charge in [-0.1, -0.05) is 6.92 Å². The first-order valence-corrected chi connectivity index (χ1v) is 5.39. The molecular formula is C10H22N2O2. The van der Waals surface area contributed by atoms with Crippen LogP contribution in [0.4, 0.5) is 0 Å². The molecule has 0 aromatic heterocycles. The summed E-state index contributed by atoms with van der Waals surface area (Å²) in [6.07, 6.45) is 3.85. The van der Waals surface area contributed by atoms with Crippen LogP contribution in [0.1, 0.15) is 32.6 Å². The van der Waals surface area contributed by atoms with E-state index in [4.69, 9.17) is 5.11 Å². The van der Waals surface area contributed by atoms with Crippen molar-refractivity contribution in [2.75, 3.05) is 26.2 Å². The lowest BCUT2D eigenvalue weighted by Crippen LogP contribution is -2.34. The molecule has 0 aliphatic carbocycles. The number of amides is 1. The average Bonchev–Trinajstić information content (AvgIpc) is 2.20. The van der Waals surface area contributed by atoms with Gasteiger partial charge in [0.05, 0.1) is 6.54 Å². The summed E-state index contributed by atoms with van der Waals surface area (Å²) in [5.41, 5.74) is 0. The van der Waals surface area contributed by atoms with Crippen molar-refractivity contribution in [2.45, 2.75) is 32.6 Å². The molecule has 0 saturated heterocycles. The third-order valence-corrected chi connectivity index (χ3v) is 1.87. The highest BCUT2D eigenvalue weighted by Gasteiger charge is 1.97. The molecule has 0 radical (unpaired) electrons. The van der Waals surface area contributed by atoms with E-state index < -0.39 is 0 Å². The highest BCUT2D eigenvalue weighted by atomic mass is 16.2. The minimum atomic E-state index is 0.0639. The lowest BCUT2D eigenvalue weighted by molar-refractivity contribution is -0.120. The smallest absolute Gasteiger partial charge is 0.233 e. The van der Waals surface area contributed by atoms with E-state index in [0.717, 1.165) is 38.8 Å². The first-order valence-electron chi connectivity index (χ1n) is 5.39. The lowest BCUT2D eigenvalue weighted by atomic mass is 10.2. The SMILES string of the molecule is CCCNC(=O)CNCCCCCO. The summed E-state index contributed by atoms with van der Waals surface area (Å²) in [6.45, 7) is 4.29. The summed E-state index contributed by atoms with van der Waals surface area (Å²) >= 11 is 0. The number of aliphatic hydroxyl groups is 1. The third kappa shape index (κ3) is 9.48. The first kappa shape index (κ1) is 13.4. The zero-order valence-electron chi connectivity index (χ0n) is 9.01. The summed E-state index contributed by atoms with van der Waals surface area (Å²) in [4.78, 5) is 11.1. The van der Waals surface area contributed by atoms with Crippen molar-refractivity contribution in [1.29, 1.82) is 0 Å². The maximum absolute atomic E-state index is 11.1. The van der Waals surface area contributed by atoms with Crippen LogP contribution in [0.3, 0.4) is 0 Å². The molecule has 0 aromatic carbocycles. The maximum Gasteiger partial charge on any atom is 0.233 e. The Bertz CT molecular complexity index is 140. The molecule has 84 valence electrons. The number of nitrogens with one attached hydrogen (secondary N) is 2. The van der Waals surface area contributed by atoms with Gasteiger partial charge in [0, 0.05) is 13.2 Å². The molecule has 0 aliphatic heterocycles. The van der Waals surface area contributed by atoms with Crippen molar-refractivity contribution in [2.24, 2.45) is 0 Å². The molecule has 0 unspecified atom stereocenters. The van der Waals surface area contributed by atoms with Gasteiger partial charge in [0.1, 0.15) is 0 Å². The Hall–Kier alpha value is -0.610. The molecule has 0 aromatic rings. The van der Waals surface area contributed by atoms with Gasteiger partial charge in [0.15, 0.2) is 0 Å². The van der Waals surface area contributed by atoms with Crippen LogP contribution in [-0.2, 0) is 4.79 Å². The normalized spacial score (nSPS) is 10.1. The van der Waals surface area contributed by atoms with E-state index in [0.29, 0.717) is 6.54 Å². The fraction of sp³-hybridized carbons (Fsp3) is 0.900. The number of carbonyl (C=O) groups is 1. The number of hydrogen-bond acceptors (Lipinski definition) is 3. The topological polar surface area (TPSA) is 61.4 Å². The summed E-state index contributed by atoms with van der Waals surface area (Å²) < 4.78 is 0. The molecule has 0 spiro atoms. The Labute approximate surface area is 86.1 Å². The molecule has 0 saturated carbocycles. The Morgan fingerprint density at radius 2 is 2.00 bits per heavy atom. The molecule has 0 rings (SSSR count). The highest BCUT2D eigenvalue weighted by molar-refractivity contribution is 5.77. The molecule has 0 bridgehead atoms. The predicted molar refractivity (Wildman–Crippen MR) is 57.1 cm³/mol. The van der Waals surface area contributed by atoms with Gasteiger partial charge < -0.3 is 15.7 Å². The summed E-state index contributed by atoms with van der Waals surface area (Å²) in [7, 11) is 0. The zero-order chi connectivity index (χ0) is 10.6. The van der Waals surface area contributed by atoms with Gasteiger partial charge in [-0.3, -0.25) is 4.79 Å². The van der Waals surface area contributed by atoms with E-state index in [2.05, 4.69) is 10.6 Å². The number of aliphatic hydroxyl groups excluding tert-OH is 1. The van der Waals surface area contributed by atoms with Gasteiger partial charge in [-0.15, -0.1) is 0 Å². The second-order valence-corrected chi connectivity index (χ2v) is 3.31. The van der Waals surface area contributed by atoms with E-state index in [1.54, 1.807) is 0 Å². The molecule has 1 amide bonds. The van der Waals surface area contributed by atoms with Gasteiger partial charge in [-0.25, -0.2) is 0 Å². The minimum absolute atomic E-state index is 0.0639. The van der Waals surface area contributed by atoms with Crippen LogP contribution in [0.15, 0.2) is 0 Å². The minimum Gasteiger partial charge on any atom is -0.396 e. The summed E-state index contributed by atoms with van der Waals surface area (Å²) in [5.74, 6) is 0.0639. The van der Waals surface area contributed by atoms with E-state index in [9.17, 15) is 4.79 Å². The van der Waals surface area contributed by atoms with Crippen LogP contribution in [0.2, 0.25) is 0 Å². The summed E-state index contributed by atoms with van der Waals surface area (Å²) in [6, 6.07) is 0. The number of unbranched alkanes of at least 4 members (excludes halogenated alkanes) is 2. The standard InChI is InChI=1S/C10H22N2O2/c1-2-6-12-10(14)9-11-7-4-3-5-8-13/h11,13H,2-9H2,1H3,(H,12,14). The first-order chi connectivity index (χ1) is 6.81. The van der Waals surface area contributed by atoms with Crippen molar-refractivity contribution in [1.82, 2.24) is 10.6 Å². The van der Waals surface area contributed by atoms with Crippen molar-refractivity contribution in [3.05, 3.63) is 0 Å². The maximum atomic E-state index is 11.1. The molecule has 0 fully saturated rings. The van der Waals surface area contributed by atoms with Crippen LogP contribution in [0.25, 0.3) is 0 Å². The highest BCUT2D eigenvalue weighted by Crippen LogP contribution is 1.91. The van der Waals surface area contributed by atoms with Crippen LogP contribution < -0.4 is 10.6 Å². The lowest BCUT2D eigenvalue weighted by Gasteiger charge is -2.05. The Morgan fingerprint density at radius 3 is 2.64 bits per heavy atom. The van der Waals surface area contributed by atoms with E-state index >= 15 is 0 Å². The Morgan fingerprint density at radius 1 is 1.21 bits per heavy atom. The van der Waals surface area contributed by atoms with Crippen LogP contribution in [0.5, 0.6) is 0 Å². The molecule has 14 heavy (non-hydrogen) atoms. The third-order valence-electron chi connectivity index (χ3n) is 1.87. The molecule has 0 heterocycles. The van der Waals surface area contributed by atoms with Gasteiger partial charge in [-0.05, 0) is 32.2 Å². The van der Waals surface area contributed by atoms with Gasteiger partial charge in [0.25, 0.3) is 0 Å². The zero-order valence-corrected chi connectivity index (χ0v) is 9.01. The van der Waals surface area contributed by atoms with Gasteiger partial charge in [0.2, 0.25) is 5.91 Å². The van der Waals surface area contributed by atoms with E-state index in [1.807, 2.05) is 6.92 Å². The van der Waals surface area contributed by atoms with Crippen LogP contribution in [0, 0.1) is 0 Å². The van der Waals surface area contributed by atoms with Crippen molar-refractivity contribution < 1.29 is 9.90 Å². The quantitative estimate of drug-likeness (QED) is 0.470. The second kappa shape index (κ2) is 10.5. The number of carbonyl (C=O) groups excluding carboxylic acids is 1. The second-order valence-electron chi connectivity index (χ2n) is 3.31. The van der Waals surface area contributed by atoms with Crippen molar-refractivity contribution in [3.63, 3.8) is 0 Å². The fourth-order valence-corrected chi connectivity index (χ4v) is 1.07. The monoisotopic (exact) mass is 202 g/mol. The fourth-order valence-electron chi connectivity index (χ4n) is 1.07. The molecular weight excluding hydrogens is 180 g/mol. The predicted octanol–water partition coefficient (Wildman–Crippen LogP) is 0.265. The van der Waals surface area contributed by atoms with E-state index in [-0.39, 0.29) is 12.5 Å². The van der Waals surface area contributed by atoms with Crippen LogP contribution in [-0.4, -0.2) is 37.3 Å². The van der Waals surface area contributed by atoms with Gasteiger partial charge in [-0.2, -0.15) is 0 Å².